The van der Waals surface area contributed by atoms with Crippen LogP contribution in [0.4, 0.5) is 0 Å². The second-order valence-electron chi connectivity index (χ2n) is 3.44. The van der Waals surface area contributed by atoms with E-state index >= 15 is 0 Å². The van der Waals surface area contributed by atoms with Crippen LogP contribution in [0.3, 0.4) is 0 Å². The molecule has 0 atom stereocenters. The molecule has 0 radical (unpaired) electrons. The first-order valence-corrected chi connectivity index (χ1v) is 5.69. The van der Waals surface area contributed by atoms with Crippen LogP contribution in [0.25, 0.3) is 0 Å². The van der Waals surface area contributed by atoms with Crippen LogP contribution in [-0.4, -0.2) is 28.2 Å². The van der Waals surface area contributed by atoms with Crippen LogP contribution < -0.4 is 0 Å². The quantitative estimate of drug-likeness (QED) is 0.653. The molecular formula is C11H18N4O. The molecule has 0 aliphatic carbocycles. The summed E-state index contributed by atoms with van der Waals surface area (Å²) in [4.78, 5) is 0. The Morgan fingerprint density at radius 2 is 2.25 bits per heavy atom. The maximum atomic E-state index is 8.65. The largest absolute Gasteiger partial charge is 0.382 e. The fraction of sp³-hybridized carbons (Fsp3) is 0.727. The van der Waals surface area contributed by atoms with E-state index in [9.17, 15) is 0 Å². The highest BCUT2D eigenvalue weighted by molar-refractivity contribution is 5.13. The van der Waals surface area contributed by atoms with E-state index in [0.29, 0.717) is 6.42 Å². The van der Waals surface area contributed by atoms with Gasteiger partial charge in [-0.05, 0) is 19.8 Å². The van der Waals surface area contributed by atoms with Gasteiger partial charge in [-0.15, -0.1) is 5.10 Å². The van der Waals surface area contributed by atoms with Gasteiger partial charge in [0.05, 0.1) is 23.9 Å². The van der Waals surface area contributed by atoms with Gasteiger partial charge in [0.15, 0.2) is 0 Å². The fourth-order valence-electron chi connectivity index (χ4n) is 1.61. The number of ether oxygens (including phenoxy) is 1. The first kappa shape index (κ1) is 12.7. The van der Waals surface area contributed by atoms with Gasteiger partial charge < -0.3 is 4.74 Å². The molecule has 1 rings (SSSR count). The summed E-state index contributed by atoms with van der Waals surface area (Å²) in [6.07, 6.45) is 2.13. The molecule has 0 saturated carbocycles. The second-order valence-corrected chi connectivity index (χ2v) is 3.44. The third kappa shape index (κ3) is 3.31. The minimum Gasteiger partial charge on any atom is -0.382 e. The summed E-state index contributed by atoms with van der Waals surface area (Å²) in [5.41, 5.74) is 1.87. The van der Waals surface area contributed by atoms with E-state index in [2.05, 4.69) is 23.3 Å². The molecule has 0 spiro atoms. The fourth-order valence-corrected chi connectivity index (χ4v) is 1.61. The molecule has 1 aromatic heterocycles. The zero-order chi connectivity index (χ0) is 11.8. The highest BCUT2D eigenvalue weighted by Gasteiger charge is 2.09. The Labute approximate surface area is 96.0 Å². The number of rotatable bonds is 7. The van der Waals surface area contributed by atoms with Crippen LogP contribution in [0, 0.1) is 11.3 Å². The molecule has 88 valence electrons. The van der Waals surface area contributed by atoms with Gasteiger partial charge in [-0.1, -0.05) is 12.1 Å². The van der Waals surface area contributed by atoms with E-state index in [1.807, 2.05) is 11.6 Å². The normalized spacial score (nSPS) is 10.3. The summed E-state index contributed by atoms with van der Waals surface area (Å²) in [5, 5.41) is 16.7. The standard InChI is InChI=1S/C11H18N4O/c1-3-11-10(6-7-12)13-14-15(11)8-5-9-16-4-2/h3-6,8-9H2,1-2H3. The Morgan fingerprint density at radius 1 is 1.44 bits per heavy atom. The van der Waals surface area contributed by atoms with Crippen LogP contribution in [0.2, 0.25) is 0 Å². The molecule has 0 saturated heterocycles. The Balaban J connectivity index is 2.55. The summed E-state index contributed by atoms with van der Waals surface area (Å²) in [5.74, 6) is 0. The van der Waals surface area contributed by atoms with Crippen molar-refractivity contribution in [1.29, 1.82) is 5.26 Å². The molecule has 0 aliphatic heterocycles. The summed E-state index contributed by atoms with van der Waals surface area (Å²) in [6, 6.07) is 2.11. The van der Waals surface area contributed by atoms with Crippen molar-refractivity contribution in [3.8, 4) is 6.07 Å². The Morgan fingerprint density at radius 3 is 2.88 bits per heavy atom. The average Bonchev–Trinajstić information content (AvgIpc) is 2.67. The minimum absolute atomic E-state index is 0.342. The molecule has 0 aromatic carbocycles. The van der Waals surface area contributed by atoms with Crippen molar-refractivity contribution in [3.05, 3.63) is 11.4 Å². The lowest BCUT2D eigenvalue weighted by Gasteiger charge is -2.05. The zero-order valence-electron chi connectivity index (χ0n) is 9.94. The van der Waals surface area contributed by atoms with Crippen molar-refractivity contribution < 1.29 is 4.74 Å². The summed E-state index contributed by atoms with van der Waals surface area (Å²) in [7, 11) is 0. The first-order valence-electron chi connectivity index (χ1n) is 5.69. The molecule has 0 unspecified atom stereocenters. The molecule has 16 heavy (non-hydrogen) atoms. The van der Waals surface area contributed by atoms with Gasteiger partial charge in [0.1, 0.15) is 0 Å². The van der Waals surface area contributed by atoms with Crippen molar-refractivity contribution >= 4 is 0 Å². The molecule has 0 bridgehead atoms. The Hall–Kier alpha value is -1.41. The predicted molar refractivity (Wildman–Crippen MR) is 59.8 cm³/mol. The van der Waals surface area contributed by atoms with Gasteiger partial charge in [0.25, 0.3) is 0 Å². The van der Waals surface area contributed by atoms with Gasteiger partial charge >= 0.3 is 0 Å². The van der Waals surface area contributed by atoms with E-state index < -0.39 is 0 Å². The molecular weight excluding hydrogens is 204 g/mol. The molecule has 0 amide bonds. The van der Waals surface area contributed by atoms with Crippen molar-refractivity contribution in [1.82, 2.24) is 15.0 Å². The smallest absolute Gasteiger partial charge is 0.0999 e. The number of nitriles is 1. The van der Waals surface area contributed by atoms with Gasteiger partial charge in [0.2, 0.25) is 0 Å². The first-order chi connectivity index (χ1) is 7.83. The van der Waals surface area contributed by atoms with Crippen LogP contribution in [0.5, 0.6) is 0 Å². The van der Waals surface area contributed by atoms with Crippen molar-refractivity contribution in [2.45, 2.75) is 39.7 Å². The van der Waals surface area contributed by atoms with Crippen LogP contribution in [0.15, 0.2) is 0 Å². The third-order valence-electron chi connectivity index (χ3n) is 2.36. The van der Waals surface area contributed by atoms with E-state index in [1.165, 1.54) is 0 Å². The zero-order valence-corrected chi connectivity index (χ0v) is 9.94. The Bertz CT molecular complexity index is 353. The maximum Gasteiger partial charge on any atom is 0.0999 e. The number of hydrogen-bond donors (Lipinski definition) is 0. The second kappa shape index (κ2) is 6.96. The molecule has 5 nitrogen and oxygen atoms in total. The summed E-state index contributed by atoms with van der Waals surface area (Å²) >= 11 is 0. The molecule has 0 N–H and O–H groups in total. The van der Waals surface area contributed by atoms with Crippen molar-refractivity contribution in [3.63, 3.8) is 0 Å². The van der Waals surface area contributed by atoms with E-state index in [-0.39, 0.29) is 0 Å². The molecule has 0 aliphatic rings. The van der Waals surface area contributed by atoms with Gasteiger partial charge in [-0.3, -0.25) is 0 Å². The van der Waals surface area contributed by atoms with Crippen LogP contribution >= 0.6 is 0 Å². The van der Waals surface area contributed by atoms with E-state index in [1.54, 1.807) is 0 Å². The van der Waals surface area contributed by atoms with Gasteiger partial charge in [0, 0.05) is 19.8 Å². The van der Waals surface area contributed by atoms with E-state index in [4.69, 9.17) is 10.00 Å². The third-order valence-corrected chi connectivity index (χ3v) is 2.36. The maximum absolute atomic E-state index is 8.65. The summed E-state index contributed by atoms with van der Waals surface area (Å²) < 4.78 is 7.15. The molecule has 1 heterocycles. The van der Waals surface area contributed by atoms with Crippen molar-refractivity contribution in [2.24, 2.45) is 0 Å². The lowest BCUT2D eigenvalue weighted by molar-refractivity contribution is 0.140. The topological polar surface area (TPSA) is 63.7 Å². The Kier molecular flexibility index (Phi) is 5.51. The van der Waals surface area contributed by atoms with Crippen LogP contribution in [-0.2, 0) is 24.1 Å². The highest BCUT2D eigenvalue weighted by atomic mass is 16.5. The SMILES string of the molecule is CCOCCCn1nnc(CC#N)c1CC. The summed E-state index contributed by atoms with van der Waals surface area (Å²) in [6.45, 7) is 6.34. The number of nitrogens with zero attached hydrogens (tertiary/aromatic N) is 4. The number of hydrogen-bond acceptors (Lipinski definition) is 4. The molecule has 1 aromatic rings. The highest BCUT2D eigenvalue weighted by Crippen LogP contribution is 2.07. The number of aryl methyl sites for hydroxylation is 1. The van der Waals surface area contributed by atoms with Gasteiger partial charge in [-0.25, -0.2) is 4.68 Å². The van der Waals surface area contributed by atoms with Crippen molar-refractivity contribution in [2.75, 3.05) is 13.2 Å². The van der Waals surface area contributed by atoms with E-state index in [0.717, 1.165) is 44.0 Å². The predicted octanol–water partition coefficient (Wildman–Crippen LogP) is 1.33. The number of aromatic nitrogens is 3. The average molecular weight is 222 g/mol. The minimum atomic E-state index is 0.342. The monoisotopic (exact) mass is 222 g/mol. The molecule has 5 heteroatoms. The van der Waals surface area contributed by atoms with Crippen LogP contribution in [0.1, 0.15) is 31.7 Å². The lowest BCUT2D eigenvalue weighted by Crippen LogP contribution is -2.08. The lowest BCUT2D eigenvalue weighted by atomic mass is 10.2. The molecule has 0 fully saturated rings. The van der Waals surface area contributed by atoms with Gasteiger partial charge in [-0.2, -0.15) is 5.26 Å².